The van der Waals surface area contributed by atoms with Crippen molar-refractivity contribution < 1.29 is 24.1 Å². The van der Waals surface area contributed by atoms with Gasteiger partial charge in [-0.3, -0.25) is 14.8 Å². The van der Waals surface area contributed by atoms with Crippen LogP contribution in [0.15, 0.2) is 12.3 Å². The second-order valence-corrected chi connectivity index (χ2v) is 7.87. The summed E-state index contributed by atoms with van der Waals surface area (Å²) in [7, 11) is 0. The van der Waals surface area contributed by atoms with Crippen LogP contribution in [-0.4, -0.2) is 45.5 Å². The standard InChI is InChI=1S/C21H33N3O5/c1-2-3-4-5-6-7-8-9-10-11-17(26)28-18-15(14-25)27-20-19(18)29-21-23-16(22)12-13-24(20)21/h12-13,15,18-20,22,25H,2-11,14H2,1H3/t15-,18-,19+,20-/m1/s1. The van der Waals surface area contributed by atoms with Gasteiger partial charge in [0.05, 0.1) is 6.61 Å². The van der Waals surface area contributed by atoms with Gasteiger partial charge in [0.1, 0.15) is 6.10 Å². The number of nitrogens with one attached hydrogen (secondary N) is 1. The van der Waals surface area contributed by atoms with Crippen LogP contribution >= 0.6 is 0 Å². The lowest BCUT2D eigenvalue weighted by molar-refractivity contribution is -0.156. The lowest BCUT2D eigenvalue weighted by Gasteiger charge is -2.20. The van der Waals surface area contributed by atoms with Crippen molar-refractivity contribution in [2.45, 2.75) is 95.7 Å². The molecule has 29 heavy (non-hydrogen) atoms. The molecule has 8 heteroatoms. The minimum atomic E-state index is -0.688. The number of ether oxygens (including phenoxy) is 3. The molecule has 0 aliphatic carbocycles. The van der Waals surface area contributed by atoms with Crippen molar-refractivity contribution >= 4 is 5.97 Å². The van der Waals surface area contributed by atoms with Gasteiger partial charge >= 0.3 is 12.0 Å². The van der Waals surface area contributed by atoms with E-state index in [0.29, 0.717) is 6.42 Å². The second-order valence-electron chi connectivity index (χ2n) is 7.87. The molecule has 2 N–H and O–H groups in total. The minimum absolute atomic E-state index is 0.0915. The number of aliphatic hydroxyl groups is 1. The van der Waals surface area contributed by atoms with E-state index in [-0.39, 0.29) is 24.1 Å². The zero-order valence-corrected chi connectivity index (χ0v) is 17.2. The van der Waals surface area contributed by atoms with Crippen molar-refractivity contribution in [2.24, 2.45) is 0 Å². The third-order valence-corrected chi connectivity index (χ3v) is 5.56. The zero-order valence-electron chi connectivity index (χ0n) is 17.2. The average Bonchev–Trinajstić information content (AvgIpc) is 3.22. The Morgan fingerprint density at radius 3 is 2.59 bits per heavy atom. The Kier molecular flexibility index (Phi) is 8.06. The first kappa shape index (κ1) is 21.8. The van der Waals surface area contributed by atoms with Crippen LogP contribution in [0.3, 0.4) is 0 Å². The van der Waals surface area contributed by atoms with Crippen molar-refractivity contribution in [2.75, 3.05) is 6.61 Å². The maximum absolute atomic E-state index is 12.3. The molecular weight excluding hydrogens is 374 g/mol. The highest BCUT2D eigenvalue weighted by Crippen LogP contribution is 2.40. The molecule has 162 valence electrons. The fourth-order valence-corrected chi connectivity index (χ4v) is 3.95. The van der Waals surface area contributed by atoms with Gasteiger partial charge in [-0.15, -0.1) is 0 Å². The van der Waals surface area contributed by atoms with Crippen LogP contribution in [0, 0.1) is 5.41 Å². The molecule has 1 fully saturated rings. The smallest absolute Gasteiger partial charge is 0.306 e. The molecule has 0 bridgehead atoms. The van der Waals surface area contributed by atoms with Gasteiger partial charge in [0.2, 0.25) is 0 Å². The molecule has 1 saturated heterocycles. The summed E-state index contributed by atoms with van der Waals surface area (Å²) in [6.45, 7) is 1.96. The Bertz CT molecular complexity index is 723. The van der Waals surface area contributed by atoms with E-state index in [0.717, 1.165) is 19.3 Å². The number of fused-ring (bicyclic) bond motifs is 3. The van der Waals surface area contributed by atoms with Crippen LogP contribution in [0.4, 0.5) is 0 Å². The van der Waals surface area contributed by atoms with Crippen LogP contribution in [-0.2, 0) is 14.3 Å². The summed E-state index contributed by atoms with van der Waals surface area (Å²) in [4.78, 5) is 16.3. The molecule has 0 saturated carbocycles. The van der Waals surface area contributed by atoms with Gasteiger partial charge in [-0.25, -0.2) is 0 Å². The predicted molar refractivity (Wildman–Crippen MR) is 105 cm³/mol. The van der Waals surface area contributed by atoms with Crippen molar-refractivity contribution in [3.8, 4) is 6.01 Å². The normalized spacial score (nSPS) is 24.8. The molecule has 0 spiro atoms. The van der Waals surface area contributed by atoms with Gasteiger partial charge in [-0.2, -0.15) is 4.98 Å². The summed E-state index contributed by atoms with van der Waals surface area (Å²) in [5, 5.41) is 17.2. The summed E-state index contributed by atoms with van der Waals surface area (Å²) in [6, 6.07) is 1.80. The fraction of sp³-hybridized carbons (Fsp3) is 0.762. The van der Waals surface area contributed by atoms with Gasteiger partial charge in [-0.05, 0) is 12.5 Å². The van der Waals surface area contributed by atoms with Gasteiger partial charge in [-0.1, -0.05) is 58.3 Å². The lowest BCUT2D eigenvalue weighted by atomic mass is 10.1. The highest BCUT2D eigenvalue weighted by molar-refractivity contribution is 5.69. The van der Waals surface area contributed by atoms with Gasteiger partial charge in [0.15, 0.2) is 23.9 Å². The molecular formula is C21H33N3O5. The molecule has 0 unspecified atom stereocenters. The molecule has 2 aliphatic rings. The highest BCUT2D eigenvalue weighted by atomic mass is 16.7. The third-order valence-electron chi connectivity index (χ3n) is 5.56. The summed E-state index contributed by atoms with van der Waals surface area (Å²) >= 11 is 0. The van der Waals surface area contributed by atoms with E-state index < -0.39 is 24.5 Å². The van der Waals surface area contributed by atoms with E-state index in [1.165, 1.54) is 44.6 Å². The third kappa shape index (κ3) is 5.57. The number of aromatic nitrogens is 2. The maximum atomic E-state index is 12.3. The number of nitrogens with zero attached hydrogens (tertiary/aromatic N) is 2. The first-order valence-electron chi connectivity index (χ1n) is 10.9. The van der Waals surface area contributed by atoms with Crippen LogP contribution in [0.25, 0.3) is 0 Å². The molecule has 3 rings (SSSR count). The predicted octanol–water partition coefficient (Wildman–Crippen LogP) is 2.85. The minimum Gasteiger partial charge on any atom is -0.455 e. The molecule has 0 aromatic carbocycles. The number of hydrogen-bond acceptors (Lipinski definition) is 7. The topological polar surface area (TPSA) is 107 Å². The molecule has 3 heterocycles. The lowest BCUT2D eigenvalue weighted by Crippen LogP contribution is -2.39. The number of carbonyl (C=O) groups is 1. The molecule has 1 aromatic heterocycles. The van der Waals surface area contributed by atoms with Crippen molar-refractivity contribution in [3.63, 3.8) is 0 Å². The number of carbonyl (C=O) groups excluding carboxylic acids is 1. The van der Waals surface area contributed by atoms with Crippen LogP contribution in [0.1, 0.15) is 77.4 Å². The highest BCUT2D eigenvalue weighted by Gasteiger charge is 2.53. The number of esters is 1. The van der Waals surface area contributed by atoms with Crippen LogP contribution in [0.2, 0.25) is 0 Å². The molecule has 8 nitrogen and oxygen atoms in total. The SMILES string of the molecule is CCCCCCCCCCCC(=O)O[C@H]1[C@@H]2Oc3nc(=N)ccn3[C@@H]2O[C@@H]1CO. The summed E-state index contributed by atoms with van der Waals surface area (Å²) in [6.07, 6.45) is 10.3. The van der Waals surface area contributed by atoms with E-state index in [1.807, 2.05) is 0 Å². The second kappa shape index (κ2) is 10.7. The largest absolute Gasteiger partial charge is 0.455 e. The van der Waals surface area contributed by atoms with Crippen molar-refractivity contribution in [1.29, 1.82) is 5.41 Å². The Morgan fingerprint density at radius 1 is 1.21 bits per heavy atom. The van der Waals surface area contributed by atoms with E-state index in [1.54, 1.807) is 10.8 Å². The van der Waals surface area contributed by atoms with Crippen molar-refractivity contribution in [1.82, 2.24) is 9.55 Å². The molecule has 1 aromatic rings. The van der Waals surface area contributed by atoms with Crippen molar-refractivity contribution in [3.05, 3.63) is 17.8 Å². The summed E-state index contributed by atoms with van der Waals surface area (Å²) in [5.74, 6) is -0.292. The summed E-state index contributed by atoms with van der Waals surface area (Å²) < 4.78 is 18.9. The zero-order chi connectivity index (χ0) is 20.6. The Morgan fingerprint density at radius 2 is 1.90 bits per heavy atom. The molecule has 4 atom stereocenters. The monoisotopic (exact) mass is 407 g/mol. The van der Waals surface area contributed by atoms with Crippen LogP contribution < -0.4 is 10.2 Å². The van der Waals surface area contributed by atoms with E-state index in [2.05, 4.69) is 11.9 Å². The Labute approximate surface area is 171 Å². The van der Waals surface area contributed by atoms with E-state index in [9.17, 15) is 9.90 Å². The average molecular weight is 408 g/mol. The fourth-order valence-electron chi connectivity index (χ4n) is 3.95. The quantitative estimate of drug-likeness (QED) is 0.408. The molecule has 0 amide bonds. The van der Waals surface area contributed by atoms with Gasteiger partial charge in [0.25, 0.3) is 0 Å². The Balaban J connectivity index is 1.40. The first-order valence-corrected chi connectivity index (χ1v) is 10.9. The number of hydrogen-bond donors (Lipinski definition) is 2. The van der Waals surface area contributed by atoms with E-state index in [4.69, 9.17) is 19.6 Å². The van der Waals surface area contributed by atoms with Crippen LogP contribution in [0.5, 0.6) is 6.01 Å². The first-order chi connectivity index (χ1) is 14.1. The van der Waals surface area contributed by atoms with Gasteiger partial charge < -0.3 is 19.3 Å². The summed E-state index contributed by atoms with van der Waals surface area (Å²) in [5.41, 5.74) is 0.0915. The molecule has 2 aliphatic heterocycles. The number of rotatable bonds is 12. The Hall–Kier alpha value is -1.93. The van der Waals surface area contributed by atoms with Gasteiger partial charge in [0, 0.05) is 12.6 Å². The van der Waals surface area contributed by atoms with E-state index >= 15 is 0 Å². The number of aliphatic hydroxyl groups excluding tert-OH is 1. The maximum Gasteiger partial charge on any atom is 0.306 e. The molecule has 0 radical (unpaired) electrons. The number of unbranched alkanes of at least 4 members (excludes halogenated alkanes) is 8.